The molecule has 3 nitrogen and oxygen atoms in total. The molecule has 0 bridgehead atoms. The normalized spacial score (nSPS) is 21.5. The number of fused-ring (bicyclic) bond motifs is 3. The molecule has 2 saturated carbocycles. The second-order valence-corrected chi connectivity index (χ2v) is 15.2. The third kappa shape index (κ3) is 4.16. The first-order valence-electron chi connectivity index (χ1n) is 17.7. The lowest BCUT2D eigenvalue weighted by molar-refractivity contribution is 0.299. The van der Waals surface area contributed by atoms with Gasteiger partial charge in [0.05, 0.1) is 5.69 Å². The first kappa shape index (κ1) is 29.4. The Morgan fingerprint density at radius 1 is 0.565 bits per heavy atom. The van der Waals surface area contributed by atoms with Gasteiger partial charge in [-0.2, -0.15) is 5.10 Å². The highest BCUT2D eigenvalue weighted by Crippen LogP contribution is 2.69. The lowest BCUT2D eigenvalue weighted by Crippen LogP contribution is -2.43. The van der Waals surface area contributed by atoms with Crippen LogP contribution >= 0.6 is 0 Å². The Balaban J connectivity index is 1.37. The van der Waals surface area contributed by atoms with E-state index in [1.807, 2.05) is 0 Å². The Morgan fingerprint density at radius 2 is 1.15 bits per heavy atom. The lowest BCUT2D eigenvalue weighted by Gasteiger charge is -2.48. The molecule has 1 aromatic heterocycles. The first-order chi connectivity index (χ1) is 22.2. The van der Waals surface area contributed by atoms with E-state index in [-0.39, 0.29) is 16.7 Å². The van der Waals surface area contributed by atoms with Crippen molar-refractivity contribution in [3.05, 3.63) is 113 Å². The molecular weight excluding hydrogens is 558 g/mol. The SMILES string of the molecule is CC(C)c1nc(-c2ccc3c(c2)C24CCCC2(CCC4)c2ccccc2-3)n(-c2c(C(C)C)cc(-c3ccccc3)cc2C(C)C)n1. The second-order valence-electron chi connectivity index (χ2n) is 15.2. The molecule has 3 aliphatic rings. The summed E-state index contributed by atoms with van der Waals surface area (Å²) in [6.45, 7) is 13.7. The zero-order chi connectivity index (χ0) is 31.8. The summed E-state index contributed by atoms with van der Waals surface area (Å²) in [6.07, 6.45) is 7.83. The van der Waals surface area contributed by atoms with Gasteiger partial charge in [0.2, 0.25) is 0 Å². The minimum Gasteiger partial charge on any atom is -0.212 e. The Bertz CT molecular complexity index is 1900. The average molecular weight is 606 g/mol. The van der Waals surface area contributed by atoms with E-state index in [9.17, 15) is 0 Å². The molecule has 0 radical (unpaired) electrons. The van der Waals surface area contributed by atoms with Crippen molar-refractivity contribution in [1.29, 1.82) is 0 Å². The molecule has 3 heteroatoms. The molecule has 4 aromatic carbocycles. The van der Waals surface area contributed by atoms with Crippen LogP contribution in [0.2, 0.25) is 0 Å². The second kappa shape index (κ2) is 10.8. The van der Waals surface area contributed by atoms with Crippen LogP contribution in [0.1, 0.15) is 126 Å². The van der Waals surface area contributed by atoms with Crippen LogP contribution in [0.3, 0.4) is 0 Å². The van der Waals surface area contributed by atoms with Crippen molar-refractivity contribution in [2.45, 2.75) is 109 Å². The van der Waals surface area contributed by atoms with Gasteiger partial charge in [-0.3, -0.25) is 0 Å². The maximum Gasteiger partial charge on any atom is 0.163 e. The van der Waals surface area contributed by atoms with E-state index in [1.54, 1.807) is 11.1 Å². The number of aromatic nitrogens is 3. The van der Waals surface area contributed by atoms with Crippen LogP contribution in [0.5, 0.6) is 0 Å². The van der Waals surface area contributed by atoms with Gasteiger partial charge >= 0.3 is 0 Å². The maximum atomic E-state index is 5.35. The molecule has 0 unspecified atom stereocenters. The lowest BCUT2D eigenvalue weighted by atomic mass is 9.55. The molecule has 0 atom stereocenters. The van der Waals surface area contributed by atoms with Gasteiger partial charge in [0, 0.05) is 22.3 Å². The Labute approximate surface area is 275 Å². The fourth-order valence-electron chi connectivity index (χ4n) is 9.61. The van der Waals surface area contributed by atoms with Crippen molar-refractivity contribution in [3.8, 4) is 39.3 Å². The first-order valence-corrected chi connectivity index (χ1v) is 17.7. The average Bonchev–Trinajstić information content (AvgIpc) is 3.78. The number of nitrogens with zero attached hydrogens (tertiary/aromatic N) is 3. The van der Waals surface area contributed by atoms with Crippen LogP contribution in [0.15, 0.2) is 84.9 Å². The van der Waals surface area contributed by atoms with Gasteiger partial charge in [-0.1, -0.05) is 121 Å². The van der Waals surface area contributed by atoms with Gasteiger partial charge in [0.15, 0.2) is 11.6 Å². The maximum absolute atomic E-state index is 5.35. The third-order valence-corrected chi connectivity index (χ3v) is 11.7. The van der Waals surface area contributed by atoms with Crippen molar-refractivity contribution < 1.29 is 0 Å². The summed E-state index contributed by atoms with van der Waals surface area (Å²) in [6, 6.07) is 32.2. The highest BCUT2D eigenvalue weighted by atomic mass is 15.4. The molecule has 5 aromatic rings. The van der Waals surface area contributed by atoms with Crippen LogP contribution in [0.25, 0.3) is 39.3 Å². The molecule has 0 spiro atoms. The van der Waals surface area contributed by atoms with Crippen molar-refractivity contribution in [2.75, 3.05) is 0 Å². The standard InChI is InChI=1S/C43H47N3/c1-27(2)35-24-32(30-14-8-7-9-15-30)25-36(28(3)4)39(35)46-41(44-40(45-46)29(5)6)31-18-19-34-33-16-10-11-17-37(33)42-20-12-22-43(42,23-13-21-42)38(34)26-31/h7-11,14-19,24-29H,12-13,20-23H2,1-6H3. The predicted octanol–water partition coefficient (Wildman–Crippen LogP) is 11.5. The number of hydrogen-bond acceptors (Lipinski definition) is 2. The van der Waals surface area contributed by atoms with E-state index >= 15 is 0 Å². The number of rotatable bonds is 6. The highest BCUT2D eigenvalue weighted by Gasteiger charge is 2.62. The minimum atomic E-state index is 0.224. The third-order valence-electron chi connectivity index (χ3n) is 11.7. The molecule has 46 heavy (non-hydrogen) atoms. The summed E-state index contributed by atoms with van der Waals surface area (Å²) in [7, 11) is 0. The summed E-state index contributed by atoms with van der Waals surface area (Å²) in [5, 5.41) is 5.33. The molecule has 234 valence electrons. The van der Waals surface area contributed by atoms with Crippen molar-refractivity contribution in [3.63, 3.8) is 0 Å². The van der Waals surface area contributed by atoms with Crippen LogP contribution < -0.4 is 0 Å². The largest absolute Gasteiger partial charge is 0.212 e. The summed E-state index contributed by atoms with van der Waals surface area (Å²) in [4.78, 5) is 5.35. The van der Waals surface area contributed by atoms with Gasteiger partial charge in [0.25, 0.3) is 0 Å². The van der Waals surface area contributed by atoms with Gasteiger partial charge in [-0.05, 0) is 100 Å². The van der Waals surface area contributed by atoms with Crippen LogP contribution in [0.4, 0.5) is 0 Å². The molecule has 1 heterocycles. The van der Waals surface area contributed by atoms with Gasteiger partial charge in [0.1, 0.15) is 0 Å². The van der Waals surface area contributed by atoms with E-state index in [0.29, 0.717) is 11.8 Å². The molecule has 0 saturated heterocycles. The fourth-order valence-corrected chi connectivity index (χ4v) is 9.61. The summed E-state index contributed by atoms with van der Waals surface area (Å²) >= 11 is 0. The van der Waals surface area contributed by atoms with Crippen molar-refractivity contribution >= 4 is 0 Å². The molecule has 0 N–H and O–H groups in total. The minimum absolute atomic E-state index is 0.224. The quantitative estimate of drug-likeness (QED) is 0.193. The Hall–Kier alpha value is -3.98. The van der Waals surface area contributed by atoms with Gasteiger partial charge in [-0.25, -0.2) is 9.67 Å². The molecular formula is C43H47N3. The Morgan fingerprint density at radius 3 is 1.78 bits per heavy atom. The molecule has 8 rings (SSSR count). The summed E-state index contributed by atoms with van der Waals surface area (Å²) < 4.78 is 2.22. The molecule has 3 aliphatic carbocycles. The van der Waals surface area contributed by atoms with Crippen molar-refractivity contribution in [2.24, 2.45) is 0 Å². The number of benzene rings is 4. The fraction of sp³-hybridized carbons (Fsp3) is 0.395. The zero-order valence-electron chi connectivity index (χ0n) is 28.4. The van der Waals surface area contributed by atoms with E-state index in [2.05, 4.69) is 131 Å². The molecule has 0 amide bonds. The van der Waals surface area contributed by atoms with E-state index in [1.165, 1.54) is 83.2 Å². The molecule has 0 aliphatic heterocycles. The van der Waals surface area contributed by atoms with Gasteiger partial charge in [-0.15, -0.1) is 0 Å². The Kier molecular flexibility index (Phi) is 6.90. The summed E-state index contributed by atoms with van der Waals surface area (Å²) in [5.41, 5.74) is 14.1. The van der Waals surface area contributed by atoms with Crippen molar-refractivity contribution in [1.82, 2.24) is 14.8 Å². The molecule has 2 fully saturated rings. The monoisotopic (exact) mass is 605 g/mol. The van der Waals surface area contributed by atoms with E-state index in [0.717, 1.165) is 11.6 Å². The smallest absolute Gasteiger partial charge is 0.163 e. The highest BCUT2D eigenvalue weighted by molar-refractivity contribution is 5.81. The predicted molar refractivity (Wildman–Crippen MR) is 191 cm³/mol. The van der Waals surface area contributed by atoms with Gasteiger partial charge < -0.3 is 0 Å². The summed E-state index contributed by atoms with van der Waals surface area (Å²) in [5.74, 6) is 2.76. The van der Waals surface area contributed by atoms with Crippen LogP contribution in [0, 0.1) is 0 Å². The topological polar surface area (TPSA) is 30.7 Å². The van der Waals surface area contributed by atoms with E-state index in [4.69, 9.17) is 10.1 Å². The van der Waals surface area contributed by atoms with Crippen LogP contribution in [-0.4, -0.2) is 14.8 Å². The number of hydrogen-bond donors (Lipinski definition) is 0. The van der Waals surface area contributed by atoms with Crippen LogP contribution in [-0.2, 0) is 10.8 Å². The zero-order valence-corrected chi connectivity index (χ0v) is 28.4. The van der Waals surface area contributed by atoms with E-state index < -0.39 is 0 Å².